The molecule has 0 radical (unpaired) electrons. The van der Waals surface area contributed by atoms with Gasteiger partial charge < -0.3 is 5.32 Å². The molecular weight excluding hydrogens is 374 g/mol. The van der Waals surface area contributed by atoms with Gasteiger partial charge in [-0.1, -0.05) is 0 Å². The van der Waals surface area contributed by atoms with Crippen molar-refractivity contribution in [3.8, 4) is 6.07 Å². The summed E-state index contributed by atoms with van der Waals surface area (Å²) in [6, 6.07) is 11.6. The molecule has 5 rings (SSSR count). The monoisotopic (exact) mass is 401 g/mol. The average molecular weight is 402 g/mol. The molecule has 30 heavy (non-hydrogen) atoms. The summed E-state index contributed by atoms with van der Waals surface area (Å²) in [5, 5.41) is 20.7. The number of pyridine rings is 2. The van der Waals surface area contributed by atoms with Crippen molar-refractivity contribution in [1.82, 2.24) is 25.1 Å². The Hall–Kier alpha value is -2.98. The summed E-state index contributed by atoms with van der Waals surface area (Å²) in [5.41, 5.74) is 3.09. The van der Waals surface area contributed by atoms with E-state index in [1.807, 2.05) is 31.3 Å². The van der Waals surface area contributed by atoms with Crippen LogP contribution in [-0.2, 0) is 6.42 Å². The van der Waals surface area contributed by atoms with Gasteiger partial charge in [0.2, 0.25) is 0 Å². The second kappa shape index (κ2) is 8.04. The number of hydrogen-bond acceptors (Lipinski definition) is 6. The van der Waals surface area contributed by atoms with Gasteiger partial charge in [-0.05, 0) is 57.1 Å². The van der Waals surface area contributed by atoms with Crippen LogP contribution in [-0.4, -0.2) is 43.7 Å². The van der Waals surface area contributed by atoms with Gasteiger partial charge in [0.1, 0.15) is 5.82 Å². The fraction of sp³-hybridized carbons (Fsp3) is 0.478. The van der Waals surface area contributed by atoms with E-state index in [9.17, 15) is 0 Å². The predicted octanol–water partition coefficient (Wildman–Crippen LogP) is 4.10. The molecule has 0 spiro atoms. The van der Waals surface area contributed by atoms with E-state index in [1.54, 1.807) is 0 Å². The molecule has 0 aromatic carbocycles. The fourth-order valence-corrected chi connectivity index (χ4v) is 5.35. The summed E-state index contributed by atoms with van der Waals surface area (Å²) < 4.78 is 0. The SMILES string of the molecule is Cc1cc(Nc2cc3ncccc3c(CC3CC4CCC(C3)N4CCC#N)n2)n[nH]1. The molecule has 0 saturated carbocycles. The van der Waals surface area contributed by atoms with E-state index >= 15 is 0 Å². The van der Waals surface area contributed by atoms with E-state index in [0.717, 1.165) is 46.9 Å². The van der Waals surface area contributed by atoms with Gasteiger partial charge in [0, 0.05) is 54.5 Å². The highest BCUT2D eigenvalue weighted by Gasteiger charge is 2.40. The third kappa shape index (κ3) is 3.75. The van der Waals surface area contributed by atoms with Crippen LogP contribution in [0.2, 0.25) is 0 Å². The first-order valence-corrected chi connectivity index (χ1v) is 10.9. The zero-order valence-electron chi connectivity index (χ0n) is 17.3. The number of H-pyrrole nitrogens is 1. The smallest absolute Gasteiger partial charge is 0.153 e. The van der Waals surface area contributed by atoms with E-state index in [4.69, 9.17) is 10.2 Å². The lowest BCUT2D eigenvalue weighted by atomic mass is 9.86. The standard InChI is InChI=1S/C23H27N7/c1-15-10-23(29-28-15)27-22-14-20-19(4-2-8-25-20)21(26-22)13-16-11-17-5-6-18(12-16)30(17)9-3-7-24/h2,4,8,10,14,16-18H,3,5-6,9,11-13H2,1H3,(H2,26,27,28,29). The highest BCUT2D eigenvalue weighted by Crippen LogP contribution is 2.40. The first-order chi connectivity index (χ1) is 14.7. The van der Waals surface area contributed by atoms with Crippen LogP contribution in [0.3, 0.4) is 0 Å². The van der Waals surface area contributed by atoms with Gasteiger partial charge in [0.05, 0.1) is 17.3 Å². The average Bonchev–Trinajstić information content (AvgIpc) is 3.25. The number of nitriles is 1. The third-order valence-electron chi connectivity index (χ3n) is 6.59. The topological polar surface area (TPSA) is 93.5 Å². The van der Waals surface area contributed by atoms with Crippen molar-refractivity contribution < 1.29 is 0 Å². The van der Waals surface area contributed by atoms with Gasteiger partial charge in [0.15, 0.2) is 5.82 Å². The van der Waals surface area contributed by atoms with Crippen molar-refractivity contribution in [3.63, 3.8) is 0 Å². The summed E-state index contributed by atoms with van der Waals surface area (Å²) in [6.07, 6.45) is 8.36. The Morgan fingerprint density at radius 3 is 2.80 bits per heavy atom. The maximum atomic E-state index is 8.97. The van der Waals surface area contributed by atoms with Gasteiger partial charge in [-0.25, -0.2) is 4.98 Å². The van der Waals surface area contributed by atoms with Crippen LogP contribution in [0.15, 0.2) is 30.5 Å². The molecule has 154 valence electrons. The minimum Gasteiger partial charge on any atom is -0.323 e. The van der Waals surface area contributed by atoms with Crippen LogP contribution >= 0.6 is 0 Å². The van der Waals surface area contributed by atoms with E-state index in [2.05, 4.69) is 37.5 Å². The molecule has 2 atom stereocenters. The molecule has 3 aromatic heterocycles. The number of aromatic amines is 1. The van der Waals surface area contributed by atoms with Crippen LogP contribution in [0.25, 0.3) is 10.9 Å². The van der Waals surface area contributed by atoms with Crippen molar-refractivity contribution in [2.24, 2.45) is 5.92 Å². The number of rotatable bonds is 6. The maximum Gasteiger partial charge on any atom is 0.153 e. The lowest BCUT2D eigenvalue weighted by Gasteiger charge is -2.38. The molecule has 7 nitrogen and oxygen atoms in total. The van der Waals surface area contributed by atoms with E-state index < -0.39 is 0 Å². The fourth-order valence-electron chi connectivity index (χ4n) is 5.35. The number of aryl methyl sites for hydroxylation is 1. The minimum atomic E-state index is 0.625. The Balaban J connectivity index is 1.38. The van der Waals surface area contributed by atoms with Crippen LogP contribution in [0.1, 0.15) is 43.5 Å². The highest BCUT2D eigenvalue weighted by atomic mass is 15.2. The van der Waals surface area contributed by atoms with E-state index in [1.165, 1.54) is 25.7 Å². The number of fused-ring (bicyclic) bond motifs is 3. The van der Waals surface area contributed by atoms with Crippen LogP contribution in [0.5, 0.6) is 0 Å². The molecule has 0 amide bonds. The van der Waals surface area contributed by atoms with Crippen LogP contribution in [0, 0.1) is 24.2 Å². The predicted molar refractivity (Wildman–Crippen MR) is 116 cm³/mol. The Labute approximate surface area is 176 Å². The maximum absolute atomic E-state index is 8.97. The Bertz CT molecular complexity index is 1070. The van der Waals surface area contributed by atoms with Gasteiger partial charge in [-0.15, -0.1) is 0 Å². The molecule has 7 heteroatoms. The molecule has 5 heterocycles. The Morgan fingerprint density at radius 2 is 2.07 bits per heavy atom. The van der Waals surface area contributed by atoms with Gasteiger partial charge in [-0.2, -0.15) is 10.4 Å². The minimum absolute atomic E-state index is 0.625. The molecular formula is C23H27N7. The Morgan fingerprint density at radius 1 is 1.23 bits per heavy atom. The molecule has 2 fully saturated rings. The second-order valence-corrected chi connectivity index (χ2v) is 8.66. The second-order valence-electron chi connectivity index (χ2n) is 8.66. The van der Waals surface area contributed by atoms with Crippen molar-refractivity contribution in [2.45, 2.75) is 57.5 Å². The lowest BCUT2D eigenvalue weighted by molar-refractivity contribution is 0.106. The first-order valence-electron chi connectivity index (χ1n) is 10.9. The van der Waals surface area contributed by atoms with Crippen molar-refractivity contribution in [2.75, 3.05) is 11.9 Å². The quantitative estimate of drug-likeness (QED) is 0.646. The molecule has 0 aliphatic carbocycles. The summed E-state index contributed by atoms with van der Waals surface area (Å²) in [7, 11) is 0. The number of anilines is 2. The van der Waals surface area contributed by atoms with Gasteiger partial charge in [0.25, 0.3) is 0 Å². The van der Waals surface area contributed by atoms with Crippen LogP contribution in [0.4, 0.5) is 11.6 Å². The lowest BCUT2D eigenvalue weighted by Crippen LogP contribution is -2.43. The normalized spacial score (nSPS) is 23.5. The summed E-state index contributed by atoms with van der Waals surface area (Å²) >= 11 is 0. The number of aromatic nitrogens is 4. The number of piperidine rings is 1. The largest absolute Gasteiger partial charge is 0.323 e. The molecule has 2 bridgehead atoms. The van der Waals surface area contributed by atoms with E-state index in [-0.39, 0.29) is 0 Å². The van der Waals surface area contributed by atoms with Gasteiger partial charge in [-0.3, -0.25) is 15.0 Å². The molecule has 2 aliphatic rings. The van der Waals surface area contributed by atoms with Crippen molar-refractivity contribution in [1.29, 1.82) is 5.26 Å². The Kier molecular flexibility index (Phi) is 5.09. The van der Waals surface area contributed by atoms with Gasteiger partial charge >= 0.3 is 0 Å². The highest BCUT2D eigenvalue weighted by molar-refractivity contribution is 5.83. The zero-order chi connectivity index (χ0) is 20.5. The summed E-state index contributed by atoms with van der Waals surface area (Å²) in [6.45, 7) is 2.91. The van der Waals surface area contributed by atoms with Crippen LogP contribution < -0.4 is 5.32 Å². The summed E-state index contributed by atoms with van der Waals surface area (Å²) in [4.78, 5) is 12.1. The summed E-state index contributed by atoms with van der Waals surface area (Å²) in [5.74, 6) is 2.18. The third-order valence-corrected chi connectivity index (χ3v) is 6.59. The molecule has 2 N–H and O–H groups in total. The number of nitrogens with zero attached hydrogens (tertiary/aromatic N) is 5. The van der Waals surface area contributed by atoms with Crippen molar-refractivity contribution in [3.05, 3.63) is 41.9 Å². The molecule has 2 saturated heterocycles. The van der Waals surface area contributed by atoms with Crippen molar-refractivity contribution >= 4 is 22.5 Å². The number of nitrogens with one attached hydrogen (secondary N) is 2. The number of hydrogen-bond donors (Lipinski definition) is 2. The van der Waals surface area contributed by atoms with E-state index in [0.29, 0.717) is 24.4 Å². The zero-order valence-corrected chi connectivity index (χ0v) is 17.3. The molecule has 2 unspecified atom stereocenters. The molecule has 2 aliphatic heterocycles. The molecule has 3 aromatic rings. The first kappa shape index (κ1) is 19.0.